The molecule has 2 aromatic heterocycles. The molecule has 1 fully saturated rings. The molecule has 4 rings (SSSR count). The number of aromatic nitrogens is 2. The standard InChI is InChI=1S/C24H29N5O3S/c1-17(2)22(26-20(30)14-18-6-4-3-5-7-18)23(32)28-10-8-27(9-11-28)16-19-15-21(31)29-12-13-33-24(29)25-19/h3-7,12-13,15,17,22H,8-11,14,16H2,1-2H3,(H,26,30)/t22-/m0/s1. The summed E-state index contributed by atoms with van der Waals surface area (Å²) in [5.74, 6) is -0.194. The van der Waals surface area contributed by atoms with Crippen LogP contribution in [0.3, 0.4) is 0 Å². The lowest BCUT2D eigenvalue weighted by Gasteiger charge is -2.37. The van der Waals surface area contributed by atoms with E-state index in [-0.39, 0.29) is 29.7 Å². The van der Waals surface area contributed by atoms with Crippen molar-refractivity contribution in [2.75, 3.05) is 26.2 Å². The zero-order valence-electron chi connectivity index (χ0n) is 18.9. The van der Waals surface area contributed by atoms with Crippen LogP contribution in [0.1, 0.15) is 25.1 Å². The second-order valence-electron chi connectivity index (χ2n) is 8.69. The molecule has 1 aromatic carbocycles. The molecule has 9 heteroatoms. The molecule has 0 aliphatic carbocycles. The third kappa shape index (κ3) is 5.66. The van der Waals surface area contributed by atoms with E-state index in [9.17, 15) is 14.4 Å². The normalized spacial score (nSPS) is 15.7. The fourth-order valence-electron chi connectivity index (χ4n) is 4.04. The van der Waals surface area contributed by atoms with Gasteiger partial charge in [0.15, 0.2) is 4.96 Å². The monoisotopic (exact) mass is 467 g/mol. The molecule has 3 aromatic rings. The quantitative estimate of drug-likeness (QED) is 0.573. The summed E-state index contributed by atoms with van der Waals surface area (Å²) in [4.78, 5) is 47.2. The van der Waals surface area contributed by atoms with Crippen molar-refractivity contribution in [2.45, 2.75) is 32.9 Å². The molecular weight excluding hydrogens is 438 g/mol. The van der Waals surface area contributed by atoms with E-state index in [1.165, 1.54) is 11.3 Å². The number of nitrogens with zero attached hydrogens (tertiary/aromatic N) is 4. The average molecular weight is 468 g/mol. The van der Waals surface area contributed by atoms with Crippen molar-refractivity contribution in [1.82, 2.24) is 24.5 Å². The lowest BCUT2D eigenvalue weighted by atomic mass is 10.0. The highest BCUT2D eigenvalue weighted by molar-refractivity contribution is 7.15. The van der Waals surface area contributed by atoms with Gasteiger partial charge in [-0.2, -0.15) is 0 Å². The molecule has 1 atom stereocenters. The van der Waals surface area contributed by atoms with Crippen LogP contribution >= 0.6 is 11.3 Å². The fourth-order valence-corrected chi connectivity index (χ4v) is 4.78. The number of fused-ring (bicyclic) bond motifs is 1. The number of rotatable bonds is 7. The Labute approximate surface area is 196 Å². The lowest BCUT2D eigenvalue weighted by Crippen LogP contribution is -2.56. The van der Waals surface area contributed by atoms with Crippen molar-refractivity contribution in [3.63, 3.8) is 0 Å². The average Bonchev–Trinajstić information content (AvgIpc) is 3.27. The number of nitrogens with one attached hydrogen (secondary N) is 1. The minimum absolute atomic E-state index is 0.00930. The molecule has 0 bridgehead atoms. The van der Waals surface area contributed by atoms with E-state index in [4.69, 9.17) is 0 Å². The third-order valence-electron chi connectivity index (χ3n) is 5.88. The van der Waals surface area contributed by atoms with Crippen LogP contribution in [0.15, 0.2) is 52.8 Å². The van der Waals surface area contributed by atoms with Crippen LogP contribution in [0.2, 0.25) is 0 Å². The molecule has 3 heterocycles. The molecule has 0 saturated carbocycles. The zero-order valence-corrected chi connectivity index (χ0v) is 19.8. The first-order valence-corrected chi connectivity index (χ1v) is 12.1. The van der Waals surface area contributed by atoms with Crippen molar-refractivity contribution in [1.29, 1.82) is 0 Å². The summed E-state index contributed by atoms with van der Waals surface area (Å²) < 4.78 is 1.54. The number of amides is 2. The topological polar surface area (TPSA) is 87.0 Å². The van der Waals surface area contributed by atoms with E-state index in [0.29, 0.717) is 37.7 Å². The summed E-state index contributed by atoms with van der Waals surface area (Å²) in [6.45, 7) is 7.03. The Balaban J connectivity index is 1.32. The molecular formula is C24H29N5O3S. The van der Waals surface area contributed by atoms with Crippen molar-refractivity contribution >= 4 is 28.1 Å². The molecule has 1 saturated heterocycles. The number of hydrogen-bond donors (Lipinski definition) is 1. The van der Waals surface area contributed by atoms with Gasteiger partial charge in [-0.05, 0) is 11.5 Å². The number of thiazole rings is 1. The van der Waals surface area contributed by atoms with Crippen LogP contribution in [0, 0.1) is 5.92 Å². The van der Waals surface area contributed by atoms with Crippen LogP contribution in [-0.2, 0) is 22.6 Å². The second-order valence-corrected chi connectivity index (χ2v) is 9.57. The first-order chi connectivity index (χ1) is 15.9. The van der Waals surface area contributed by atoms with Gasteiger partial charge in [0.1, 0.15) is 6.04 Å². The van der Waals surface area contributed by atoms with E-state index in [1.54, 1.807) is 16.7 Å². The Morgan fingerprint density at radius 1 is 1.12 bits per heavy atom. The van der Waals surface area contributed by atoms with Crippen molar-refractivity contribution in [2.24, 2.45) is 5.92 Å². The summed E-state index contributed by atoms with van der Waals surface area (Å²) >= 11 is 1.44. The van der Waals surface area contributed by atoms with E-state index in [2.05, 4.69) is 15.2 Å². The SMILES string of the molecule is CC(C)[C@H](NC(=O)Cc1ccccc1)C(=O)N1CCN(Cc2cc(=O)n3ccsc3n2)CC1. The number of piperazine rings is 1. The Kier molecular flexibility index (Phi) is 7.20. The Morgan fingerprint density at radius 2 is 1.85 bits per heavy atom. The van der Waals surface area contributed by atoms with Crippen molar-refractivity contribution in [3.8, 4) is 0 Å². The van der Waals surface area contributed by atoms with Crippen LogP contribution in [-0.4, -0.2) is 63.2 Å². The molecule has 1 aliphatic rings. The highest BCUT2D eigenvalue weighted by Crippen LogP contribution is 2.13. The van der Waals surface area contributed by atoms with E-state index >= 15 is 0 Å². The second kappa shape index (κ2) is 10.3. The zero-order chi connectivity index (χ0) is 23.4. The molecule has 1 aliphatic heterocycles. The summed E-state index contributed by atoms with van der Waals surface area (Å²) in [6, 6.07) is 10.6. The van der Waals surface area contributed by atoms with Crippen LogP contribution in [0.4, 0.5) is 0 Å². The molecule has 8 nitrogen and oxygen atoms in total. The summed E-state index contributed by atoms with van der Waals surface area (Å²) in [7, 11) is 0. The van der Waals surface area contributed by atoms with Gasteiger partial charge in [-0.1, -0.05) is 44.2 Å². The van der Waals surface area contributed by atoms with Gasteiger partial charge in [0.05, 0.1) is 12.1 Å². The van der Waals surface area contributed by atoms with Gasteiger partial charge in [-0.3, -0.25) is 23.7 Å². The highest BCUT2D eigenvalue weighted by atomic mass is 32.1. The molecule has 174 valence electrons. The maximum Gasteiger partial charge on any atom is 0.258 e. The van der Waals surface area contributed by atoms with Crippen LogP contribution in [0.25, 0.3) is 4.96 Å². The first kappa shape index (κ1) is 23.1. The van der Waals surface area contributed by atoms with Gasteiger partial charge < -0.3 is 10.2 Å². The Morgan fingerprint density at radius 3 is 2.55 bits per heavy atom. The maximum absolute atomic E-state index is 13.2. The van der Waals surface area contributed by atoms with Gasteiger partial charge >= 0.3 is 0 Å². The van der Waals surface area contributed by atoms with Crippen LogP contribution in [0.5, 0.6) is 0 Å². The first-order valence-electron chi connectivity index (χ1n) is 11.2. The predicted octanol–water partition coefficient (Wildman–Crippen LogP) is 1.78. The Hall–Kier alpha value is -3.04. The van der Waals surface area contributed by atoms with Crippen molar-refractivity contribution < 1.29 is 9.59 Å². The van der Waals surface area contributed by atoms with Gasteiger partial charge in [-0.25, -0.2) is 4.98 Å². The number of carbonyl (C=O) groups is 2. The van der Waals surface area contributed by atoms with Gasteiger partial charge in [0.25, 0.3) is 5.56 Å². The minimum atomic E-state index is -0.546. The molecule has 0 radical (unpaired) electrons. The number of carbonyl (C=O) groups excluding carboxylic acids is 2. The van der Waals surface area contributed by atoms with Gasteiger partial charge in [0, 0.05) is 50.4 Å². The predicted molar refractivity (Wildman–Crippen MR) is 128 cm³/mol. The van der Waals surface area contributed by atoms with E-state index in [1.807, 2.05) is 54.5 Å². The van der Waals surface area contributed by atoms with Gasteiger partial charge in [-0.15, -0.1) is 11.3 Å². The van der Waals surface area contributed by atoms with E-state index in [0.717, 1.165) is 11.3 Å². The van der Waals surface area contributed by atoms with Crippen LogP contribution < -0.4 is 10.9 Å². The summed E-state index contributed by atoms with van der Waals surface area (Å²) in [5.41, 5.74) is 1.60. The largest absolute Gasteiger partial charge is 0.344 e. The molecule has 0 spiro atoms. The fraction of sp³-hybridized carbons (Fsp3) is 0.417. The summed E-state index contributed by atoms with van der Waals surface area (Å²) in [5, 5.41) is 4.79. The molecule has 1 N–H and O–H groups in total. The minimum Gasteiger partial charge on any atom is -0.344 e. The number of benzene rings is 1. The molecule has 0 unspecified atom stereocenters. The lowest BCUT2D eigenvalue weighted by molar-refractivity contribution is -0.139. The smallest absolute Gasteiger partial charge is 0.258 e. The van der Waals surface area contributed by atoms with Gasteiger partial charge in [0.2, 0.25) is 11.8 Å². The maximum atomic E-state index is 13.2. The molecule has 2 amide bonds. The summed E-state index contributed by atoms with van der Waals surface area (Å²) in [6.07, 6.45) is 1.99. The number of hydrogen-bond acceptors (Lipinski definition) is 6. The molecule has 33 heavy (non-hydrogen) atoms. The van der Waals surface area contributed by atoms with Crippen molar-refractivity contribution in [3.05, 3.63) is 69.6 Å². The highest BCUT2D eigenvalue weighted by Gasteiger charge is 2.30. The van der Waals surface area contributed by atoms with E-state index < -0.39 is 6.04 Å². The third-order valence-corrected chi connectivity index (χ3v) is 6.64. The Bertz CT molecular complexity index is 1170.